The molecule has 1 atom stereocenters. The van der Waals surface area contributed by atoms with Gasteiger partial charge < -0.3 is 9.73 Å². The molecule has 0 bridgehead atoms. The third-order valence-corrected chi connectivity index (χ3v) is 3.43. The van der Waals surface area contributed by atoms with Gasteiger partial charge >= 0.3 is 0 Å². The van der Waals surface area contributed by atoms with Gasteiger partial charge in [-0.2, -0.15) is 0 Å². The highest BCUT2D eigenvalue weighted by molar-refractivity contribution is 5.81. The number of rotatable bonds is 3. The molecule has 4 nitrogen and oxygen atoms in total. The molecular formula is C16H17N3O. The van der Waals surface area contributed by atoms with E-state index in [2.05, 4.69) is 40.4 Å². The normalized spacial score (nSPS) is 12.8. The SMILES string of the molecule is CNC(c1ccnc(C)n1)c1cc2cccc(C)c2o1. The first kappa shape index (κ1) is 12.8. The molecule has 1 aromatic carbocycles. The van der Waals surface area contributed by atoms with E-state index >= 15 is 0 Å². The Balaban J connectivity index is 2.09. The van der Waals surface area contributed by atoms with Crippen LogP contribution in [0.2, 0.25) is 0 Å². The molecule has 0 fully saturated rings. The van der Waals surface area contributed by atoms with Crippen molar-refractivity contribution in [1.29, 1.82) is 0 Å². The number of aromatic nitrogens is 2. The number of hydrogen-bond donors (Lipinski definition) is 1. The second kappa shape index (κ2) is 5.06. The standard InChI is InChI=1S/C16H17N3O/c1-10-5-4-6-12-9-14(20-16(10)12)15(17-3)13-7-8-18-11(2)19-13/h4-9,15,17H,1-3H3. The van der Waals surface area contributed by atoms with E-state index < -0.39 is 0 Å². The molecule has 0 saturated heterocycles. The first-order valence-electron chi connectivity index (χ1n) is 6.65. The predicted molar refractivity (Wildman–Crippen MR) is 78.6 cm³/mol. The van der Waals surface area contributed by atoms with Crippen LogP contribution in [0.4, 0.5) is 0 Å². The largest absolute Gasteiger partial charge is 0.459 e. The van der Waals surface area contributed by atoms with Gasteiger partial charge in [-0.25, -0.2) is 9.97 Å². The summed E-state index contributed by atoms with van der Waals surface area (Å²) in [6.07, 6.45) is 1.77. The Kier molecular flexibility index (Phi) is 3.24. The van der Waals surface area contributed by atoms with Crippen molar-refractivity contribution in [2.45, 2.75) is 19.9 Å². The number of aryl methyl sites for hydroxylation is 2. The lowest BCUT2D eigenvalue weighted by Gasteiger charge is -2.12. The quantitative estimate of drug-likeness (QED) is 0.792. The molecule has 3 rings (SSSR count). The smallest absolute Gasteiger partial charge is 0.137 e. The van der Waals surface area contributed by atoms with Gasteiger partial charge in [0, 0.05) is 11.6 Å². The van der Waals surface area contributed by atoms with Gasteiger partial charge in [0.15, 0.2) is 0 Å². The molecule has 0 aliphatic rings. The number of fused-ring (bicyclic) bond motifs is 1. The summed E-state index contributed by atoms with van der Waals surface area (Å²) < 4.78 is 6.02. The summed E-state index contributed by atoms with van der Waals surface area (Å²) in [7, 11) is 1.90. The molecule has 1 unspecified atom stereocenters. The van der Waals surface area contributed by atoms with Crippen LogP contribution in [0.1, 0.15) is 28.9 Å². The van der Waals surface area contributed by atoms with Crippen LogP contribution in [0.15, 0.2) is 40.9 Å². The third-order valence-electron chi connectivity index (χ3n) is 3.43. The number of benzene rings is 1. The van der Waals surface area contributed by atoms with Gasteiger partial charge in [0.25, 0.3) is 0 Å². The fourth-order valence-electron chi connectivity index (χ4n) is 2.44. The number of nitrogens with zero attached hydrogens (tertiary/aromatic N) is 2. The molecule has 0 aliphatic heterocycles. The van der Waals surface area contributed by atoms with Crippen LogP contribution < -0.4 is 5.32 Å². The maximum atomic E-state index is 6.02. The van der Waals surface area contributed by atoms with E-state index in [1.807, 2.05) is 26.1 Å². The van der Waals surface area contributed by atoms with E-state index in [4.69, 9.17) is 4.42 Å². The van der Waals surface area contributed by atoms with Gasteiger partial charge in [0.05, 0.1) is 5.69 Å². The number of hydrogen-bond acceptors (Lipinski definition) is 4. The van der Waals surface area contributed by atoms with E-state index in [-0.39, 0.29) is 6.04 Å². The number of nitrogens with one attached hydrogen (secondary N) is 1. The minimum Gasteiger partial charge on any atom is -0.459 e. The van der Waals surface area contributed by atoms with Crippen LogP contribution in [0, 0.1) is 13.8 Å². The molecule has 1 N–H and O–H groups in total. The Bertz CT molecular complexity index is 748. The first-order valence-corrected chi connectivity index (χ1v) is 6.65. The lowest BCUT2D eigenvalue weighted by Crippen LogP contribution is -2.18. The molecule has 4 heteroatoms. The summed E-state index contributed by atoms with van der Waals surface area (Å²) in [6.45, 7) is 3.94. The molecule has 0 saturated carbocycles. The van der Waals surface area contributed by atoms with Gasteiger partial charge in [-0.05, 0) is 38.6 Å². The Morgan fingerprint density at radius 3 is 2.75 bits per heavy atom. The van der Waals surface area contributed by atoms with Crippen LogP contribution in [0.3, 0.4) is 0 Å². The van der Waals surface area contributed by atoms with Gasteiger partial charge in [-0.1, -0.05) is 18.2 Å². The summed E-state index contributed by atoms with van der Waals surface area (Å²) in [5.74, 6) is 1.63. The van der Waals surface area contributed by atoms with Crippen molar-refractivity contribution in [2.75, 3.05) is 7.05 Å². The Morgan fingerprint density at radius 1 is 1.20 bits per heavy atom. The van der Waals surface area contributed by atoms with Crippen molar-refractivity contribution >= 4 is 11.0 Å². The molecule has 0 amide bonds. The van der Waals surface area contributed by atoms with E-state index in [0.717, 1.165) is 33.8 Å². The molecule has 2 heterocycles. The summed E-state index contributed by atoms with van der Waals surface area (Å²) >= 11 is 0. The van der Waals surface area contributed by atoms with Crippen molar-refractivity contribution in [3.8, 4) is 0 Å². The molecule has 2 aromatic heterocycles. The van der Waals surface area contributed by atoms with Crippen molar-refractivity contribution < 1.29 is 4.42 Å². The second-order valence-corrected chi connectivity index (χ2v) is 4.89. The van der Waals surface area contributed by atoms with E-state index in [9.17, 15) is 0 Å². The van der Waals surface area contributed by atoms with E-state index in [0.29, 0.717) is 0 Å². The van der Waals surface area contributed by atoms with Gasteiger partial charge in [-0.15, -0.1) is 0 Å². The molecule has 102 valence electrons. The summed E-state index contributed by atoms with van der Waals surface area (Å²) in [5, 5.41) is 4.37. The van der Waals surface area contributed by atoms with Gasteiger partial charge in [0.1, 0.15) is 23.2 Å². The Morgan fingerprint density at radius 2 is 2.05 bits per heavy atom. The summed E-state index contributed by atoms with van der Waals surface area (Å²) in [6, 6.07) is 10.1. The zero-order valence-electron chi connectivity index (χ0n) is 11.8. The molecule has 0 spiro atoms. The zero-order valence-corrected chi connectivity index (χ0v) is 11.8. The van der Waals surface area contributed by atoms with Crippen LogP contribution in [-0.2, 0) is 0 Å². The number of furan rings is 1. The lowest BCUT2D eigenvalue weighted by atomic mass is 10.1. The zero-order chi connectivity index (χ0) is 14.1. The van der Waals surface area contributed by atoms with Crippen LogP contribution in [0.5, 0.6) is 0 Å². The fourth-order valence-corrected chi connectivity index (χ4v) is 2.44. The van der Waals surface area contributed by atoms with Crippen molar-refractivity contribution in [3.63, 3.8) is 0 Å². The van der Waals surface area contributed by atoms with Gasteiger partial charge in [-0.3, -0.25) is 0 Å². The molecule has 20 heavy (non-hydrogen) atoms. The highest BCUT2D eigenvalue weighted by atomic mass is 16.3. The topological polar surface area (TPSA) is 51.0 Å². The predicted octanol–water partition coefficient (Wildman–Crippen LogP) is 3.15. The highest BCUT2D eigenvalue weighted by Gasteiger charge is 2.18. The maximum Gasteiger partial charge on any atom is 0.137 e. The van der Waals surface area contributed by atoms with Crippen molar-refractivity contribution in [2.24, 2.45) is 0 Å². The first-order chi connectivity index (χ1) is 9.69. The van der Waals surface area contributed by atoms with E-state index in [1.54, 1.807) is 6.20 Å². The summed E-state index contributed by atoms with van der Waals surface area (Å²) in [5.41, 5.74) is 2.99. The molecular weight excluding hydrogens is 250 g/mol. The van der Waals surface area contributed by atoms with Gasteiger partial charge in [0.2, 0.25) is 0 Å². The van der Waals surface area contributed by atoms with Crippen molar-refractivity contribution in [3.05, 3.63) is 59.4 Å². The molecule has 0 radical (unpaired) electrons. The maximum absolute atomic E-state index is 6.02. The lowest BCUT2D eigenvalue weighted by molar-refractivity contribution is 0.484. The monoisotopic (exact) mass is 267 g/mol. The Hall–Kier alpha value is -2.20. The van der Waals surface area contributed by atoms with Crippen molar-refractivity contribution in [1.82, 2.24) is 15.3 Å². The average Bonchev–Trinajstić information content (AvgIpc) is 2.85. The van der Waals surface area contributed by atoms with Crippen LogP contribution in [-0.4, -0.2) is 17.0 Å². The summed E-state index contributed by atoms with van der Waals surface area (Å²) in [4.78, 5) is 8.62. The number of para-hydroxylation sites is 1. The van der Waals surface area contributed by atoms with Crippen LogP contribution in [0.25, 0.3) is 11.0 Å². The van der Waals surface area contributed by atoms with Crippen LogP contribution >= 0.6 is 0 Å². The average molecular weight is 267 g/mol. The fraction of sp³-hybridized carbons (Fsp3) is 0.250. The minimum atomic E-state index is -0.0662. The second-order valence-electron chi connectivity index (χ2n) is 4.89. The Labute approximate surface area is 117 Å². The minimum absolute atomic E-state index is 0.0662. The molecule has 3 aromatic rings. The van der Waals surface area contributed by atoms with E-state index in [1.165, 1.54) is 0 Å². The molecule has 0 aliphatic carbocycles. The third kappa shape index (κ3) is 2.18. The highest BCUT2D eigenvalue weighted by Crippen LogP contribution is 2.28.